The molecule has 0 saturated carbocycles. The fourth-order valence-electron chi connectivity index (χ4n) is 0.966. The van der Waals surface area contributed by atoms with E-state index >= 15 is 0 Å². The van der Waals surface area contributed by atoms with Gasteiger partial charge in [-0.05, 0) is 38.5 Å². The van der Waals surface area contributed by atoms with Crippen LogP contribution in [0.3, 0.4) is 0 Å². The van der Waals surface area contributed by atoms with Gasteiger partial charge in [0.1, 0.15) is 5.60 Å². The molecule has 0 radical (unpaired) electrons. The molecule has 1 aromatic rings. The quantitative estimate of drug-likeness (QED) is 0.579. The Morgan fingerprint density at radius 2 is 1.81 bits per heavy atom. The molecule has 0 saturated heterocycles. The summed E-state index contributed by atoms with van der Waals surface area (Å²) in [6.07, 6.45) is 1.71. The molecule has 0 amide bonds. The third kappa shape index (κ3) is 3.87. The molecule has 3 heteroatoms. The number of hydrogen-bond acceptors (Lipinski definition) is 3. The van der Waals surface area contributed by atoms with Crippen molar-refractivity contribution in [3.05, 3.63) is 42.0 Å². The Balaban J connectivity index is 2.63. The van der Waals surface area contributed by atoms with E-state index in [0.29, 0.717) is 5.56 Å². The minimum absolute atomic E-state index is 0.454. The summed E-state index contributed by atoms with van der Waals surface area (Å²) in [5.41, 5.74) is 0.902. The van der Waals surface area contributed by atoms with Crippen molar-refractivity contribution >= 4 is 12.0 Å². The van der Waals surface area contributed by atoms with Crippen molar-refractivity contribution in [2.45, 2.75) is 26.4 Å². The van der Waals surface area contributed by atoms with Crippen molar-refractivity contribution in [1.82, 2.24) is 0 Å². The summed E-state index contributed by atoms with van der Waals surface area (Å²) < 4.78 is 0. The van der Waals surface area contributed by atoms with Gasteiger partial charge in [-0.15, -0.1) is 0 Å². The highest BCUT2D eigenvalue weighted by Crippen LogP contribution is 2.11. The molecule has 0 spiro atoms. The van der Waals surface area contributed by atoms with Gasteiger partial charge in [0.15, 0.2) is 0 Å². The average Bonchev–Trinajstić information content (AvgIpc) is 2.25. The Labute approximate surface area is 95.6 Å². The molecule has 0 atom stereocenters. The first-order chi connectivity index (χ1) is 7.42. The van der Waals surface area contributed by atoms with Crippen molar-refractivity contribution in [2.24, 2.45) is 0 Å². The van der Waals surface area contributed by atoms with Crippen LogP contribution in [0.15, 0.2) is 30.8 Å². The van der Waals surface area contributed by atoms with E-state index in [9.17, 15) is 4.79 Å². The minimum Gasteiger partial charge on any atom is -0.292 e. The van der Waals surface area contributed by atoms with Gasteiger partial charge in [-0.1, -0.05) is 24.8 Å². The van der Waals surface area contributed by atoms with Crippen LogP contribution >= 0.6 is 0 Å². The van der Waals surface area contributed by atoms with Crippen molar-refractivity contribution in [1.29, 1.82) is 0 Å². The molecule has 0 fully saturated rings. The molecule has 86 valence electrons. The molecule has 0 heterocycles. The average molecular weight is 220 g/mol. The summed E-state index contributed by atoms with van der Waals surface area (Å²) in [5.74, 6) is -0.495. The summed E-state index contributed by atoms with van der Waals surface area (Å²) in [7, 11) is 0. The molecule has 1 aromatic carbocycles. The van der Waals surface area contributed by atoms with Crippen LogP contribution in [0.5, 0.6) is 0 Å². The maximum absolute atomic E-state index is 11.5. The van der Waals surface area contributed by atoms with E-state index in [0.717, 1.165) is 5.56 Å². The molecule has 0 N–H and O–H groups in total. The predicted octanol–water partition coefficient (Wildman–Crippen LogP) is 3.22. The maximum Gasteiger partial charge on any atom is 0.373 e. The molecule has 16 heavy (non-hydrogen) atoms. The van der Waals surface area contributed by atoms with Crippen molar-refractivity contribution in [3.63, 3.8) is 0 Å². The summed E-state index contributed by atoms with van der Waals surface area (Å²) >= 11 is 0. The number of carbonyl (C=O) groups is 1. The van der Waals surface area contributed by atoms with Crippen LogP contribution in [0.25, 0.3) is 6.08 Å². The zero-order chi connectivity index (χ0) is 12.2. The molecule has 0 aromatic heterocycles. The van der Waals surface area contributed by atoms with Crippen LogP contribution in [0.1, 0.15) is 36.7 Å². The Morgan fingerprint density at radius 1 is 1.25 bits per heavy atom. The van der Waals surface area contributed by atoms with Gasteiger partial charge in [-0.25, -0.2) is 4.79 Å². The number of carbonyl (C=O) groups excluding carboxylic acids is 1. The highest BCUT2D eigenvalue weighted by atomic mass is 17.2. The lowest BCUT2D eigenvalue weighted by molar-refractivity contribution is -0.301. The van der Waals surface area contributed by atoms with Gasteiger partial charge in [-0.3, -0.25) is 4.89 Å². The second-order valence-electron chi connectivity index (χ2n) is 4.39. The molecule has 3 nitrogen and oxygen atoms in total. The summed E-state index contributed by atoms with van der Waals surface area (Å²) in [6, 6.07) is 6.93. The standard InChI is InChI=1S/C13H16O3/c1-5-10-6-8-11(9-7-10)12(14)15-16-13(2,3)4/h5-9H,1H2,2-4H3. The third-order valence-electron chi connectivity index (χ3n) is 1.75. The smallest absolute Gasteiger partial charge is 0.292 e. The monoisotopic (exact) mass is 220 g/mol. The van der Waals surface area contributed by atoms with Crippen LogP contribution in [-0.4, -0.2) is 11.6 Å². The van der Waals surface area contributed by atoms with E-state index in [1.54, 1.807) is 51.1 Å². The van der Waals surface area contributed by atoms with Crippen molar-refractivity contribution < 1.29 is 14.6 Å². The molecule has 0 aliphatic heterocycles. The molecular weight excluding hydrogens is 204 g/mol. The van der Waals surface area contributed by atoms with E-state index in [1.165, 1.54) is 0 Å². The van der Waals surface area contributed by atoms with Crippen LogP contribution in [0, 0.1) is 0 Å². The molecule has 0 aliphatic carbocycles. The fraction of sp³-hybridized carbons (Fsp3) is 0.308. The lowest BCUT2D eigenvalue weighted by atomic mass is 10.1. The van der Waals surface area contributed by atoms with Gasteiger partial charge in [0, 0.05) is 0 Å². The zero-order valence-corrected chi connectivity index (χ0v) is 9.82. The highest BCUT2D eigenvalue weighted by Gasteiger charge is 2.16. The Hall–Kier alpha value is -1.61. The SMILES string of the molecule is C=Cc1ccc(C(=O)OOC(C)(C)C)cc1. The number of hydrogen-bond donors (Lipinski definition) is 0. The van der Waals surface area contributed by atoms with Crippen LogP contribution < -0.4 is 0 Å². The lowest BCUT2D eigenvalue weighted by Gasteiger charge is -2.16. The van der Waals surface area contributed by atoms with E-state index in [2.05, 4.69) is 6.58 Å². The van der Waals surface area contributed by atoms with Crippen molar-refractivity contribution in [3.8, 4) is 0 Å². The molecular formula is C13H16O3. The van der Waals surface area contributed by atoms with Gasteiger partial charge in [-0.2, -0.15) is 4.89 Å². The topological polar surface area (TPSA) is 35.5 Å². The summed E-state index contributed by atoms with van der Waals surface area (Å²) in [6.45, 7) is 9.05. The summed E-state index contributed by atoms with van der Waals surface area (Å²) in [4.78, 5) is 21.2. The maximum atomic E-state index is 11.5. The van der Waals surface area contributed by atoms with E-state index < -0.39 is 11.6 Å². The Kier molecular flexibility index (Phi) is 3.85. The molecule has 0 aliphatic rings. The largest absolute Gasteiger partial charge is 0.373 e. The third-order valence-corrected chi connectivity index (χ3v) is 1.75. The van der Waals surface area contributed by atoms with E-state index in [4.69, 9.17) is 9.78 Å². The van der Waals surface area contributed by atoms with Crippen LogP contribution in [0.4, 0.5) is 0 Å². The van der Waals surface area contributed by atoms with Gasteiger partial charge < -0.3 is 0 Å². The van der Waals surface area contributed by atoms with Crippen LogP contribution in [0.2, 0.25) is 0 Å². The first-order valence-corrected chi connectivity index (χ1v) is 5.05. The van der Waals surface area contributed by atoms with E-state index in [1.807, 2.05) is 0 Å². The summed E-state index contributed by atoms with van der Waals surface area (Å²) in [5, 5.41) is 0. The van der Waals surface area contributed by atoms with Gasteiger partial charge >= 0.3 is 5.97 Å². The zero-order valence-electron chi connectivity index (χ0n) is 9.82. The van der Waals surface area contributed by atoms with Gasteiger partial charge in [0.25, 0.3) is 0 Å². The van der Waals surface area contributed by atoms with Gasteiger partial charge in [0.2, 0.25) is 0 Å². The van der Waals surface area contributed by atoms with Gasteiger partial charge in [0.05, 0.1) is 5.56 Å². The second kappa shape index (κ2) is 4.94. The first kappa shape index (κ1) is 12.5. The normalized spacial score (nSPS) is 10.9. The molecule has 0 unspecified atom stereocenters. The molecule has 0 bridgehead atoms. The van der Waals surface area contributed by atoms with Crippen LogP contribution in [-0.2, 0) is 9.78 Å². The fourth-order valence-corrected chi connectivity index (χ4v) is 0.966. The minimum atomic E-state index is -0.503. The Morgan fingerprint density at radius 3 is 2.25 bits per heavy atom. The van der Waals surface area contributed by atoms with Crippen molar-refractivity contribution in [2.75, 3.05) is 0 Å². The number of rotatable bonds is 3. The Bertz CT molecular complexity index is 371. The highest BCUT2D eigenvalue weighted by molar-refractivity contribution is 5.89. The predicted molar refractivity (Wildman–Crippen MR) is 62.8 cm³/mol. The lowest BCUT2D eigenvalue weighted by Crippen LogP contribution is -2.21. The van der Waals surface area contributed by atoms with E-state index in [-0.39, 0.29) is 0 Å². The first-order valence-electron chi connectivity index (χ1n) is 5.05. The second-order valence-corrected chi connectivity index (χ2v) is 4.39. The molecule has 1 rings (SSSR count). The number of benzene rings is 1.